The lowest BCUT2D eigenvalue weighted by Gasteiger charge is -2.26. The molecule has 0 bridgehead atoms. The number of fused-ring (bicyclic) bond motifs is 1. The van der Waals surface area contributed by atoms with Gasteiger partial charge >= 0.3 is 0 Å². The summed E-state index contributed by atoms with van der Waals surface area (Å²) in [6, 6.07) is 15.5. The van der Waals surface area contributed by atoms with Gasteiger partial charge in [0.25, 0.3) is 5.91 Å². The Morgan fingerprint density at radius 3 is 2.72 bits per heavy atom. The molecule has 1 N–H and O–H groups in total. The van der Waals surface area contributed by atoms with E-state index in [2.05, 4.69) is 20.4 Å². The van der Waals surface area contributed by atoms with E-state index < -0.39 is 0 Å². The molecule has 2 aromatic carbocycles. The van der Waals surface area contributed by atoms with Gasteiger partial charge in [0.2, 0.25) is 5.89 Å². The maximum Gasteiger partial charge on any atom is 0.255 e. The first-order valence-electron chi connectivity index (χ1n) is 9.49. The van der Waals surface area contributed by atoms with Gasteiger partial charge in [0.05, 0.1) is 24.0 Å². The highest BCUT2D eigenvalue weighted by atomic mass is 16.4. The summed E-state index contributed by atoms with van der Waals surface area (Å²) in [5.41, 5.74) is 5.13. The number of aromatic nitrogens is 4. The third-order valence-corrected chi connectivity index (χ3v) is 5.18. The standard InChI is InChI=1S/C22H19N5O2/c1-14-6-8-15(9-7-14)20-12-23-21(29-20)16-4-2-3-5-17(16)22(28)27-11-10-18-19(13-27)25-26-24-18/h2-9,12H,10-11,13H2,1H3,(H,24,25,26). The number of nitrogens with one attached hydrogen (secondary N) is 1. The lowest BCUT2D eigenvalue weighted by Crippen LogP contribution is -2.36. The number of carbonyl (C=O) groups excluding carboxylic acids is 1. The van der Waals surface area contributed by atoms with Crippen molar-refractivity contribution in [3.63, 3.8) is 0 Å². The van der Waals surface area contributed by atoms with E-state index in [0.29, 0.717) is 42.3 Å². The molecule has 3 heterocycles. The van der Waals surface area contributed by atoms with Crippen LogP contribution < -0.4 is 0 Å². The van der Waals surface area contributed by atoms with E-state index in [1.165, 1.54) is 5.56 Å². The van der Waals surface area contributed by atoms with Crippen LogP contribution in [0.25, 0.3) is 22.8 Å². The summed E-state index contributed by atoms with van der Waals surface area (Å²) in [5.74, 6) is 1.04. The average molecular weight is 385 g/mol. The maximum absolute atomic E-state index is 13.2. The van der Waals surface area contributed by atoms with Crippen molar-refractivity contribution in [2.24, 2.45) is 0 Å². The molecule has 0 aliphatic carbocycles. The van der Waals surface area contributed by atoms with Crippen LogP contribution in [0.5, 0.6) is 0 Å². The Bertz CT molecular complexity index is 1180. The fourth-order valence-corrected chi connectivity index (χ4v) is 3.55. The average Bonchev–Trinajstić information content (AvgIpc) is 3.43. The van der Waals surface area contributed by atoms with Crippen LogP contribution in [0.2, 0.25) is 0 Å². The number of H-pyrrole nitrogens is 1. The van der Waals surface area contributed by atoms with Gasteiger partial charge < -0.3 is 9.32 Å². The van der Waals surface area contributed by atoms with Crippen LogP contribution in [-0.4, -0.2) is 37.7 Å². The molecular weight excluding hydrogens is 366 g/mol. The van der Waals surface area contributed by atoms with Crippen LogP contribution in [0.3, 0.4) is 0 Å². The minimum absolute atomic E-state index is 0.0654. The normalized spacial score (nSPS) is 13.3. The van der Waals surface area contributed by atoms with E-state index in [4.69, 9.17) is 4.42 Å². The van der Waals surface area contributed by atoms with Gasteiger partial charge in [-0.2, -0.15) is 15.4 Å². The molecule has 0 saturated carbocycles. The van der Waals surface area contributed by atoms with Gasteiger partial charge in [-0.05, 0) is 19.1 Å². The second-order valence-electron chi connectivity index (χ2n) is 7.13. The first-order chi connectivity index (χ1) is 14.2. The number of amides is 1. The highest BCUT2D eigenvalue weighted by Gasteiger charge is 2.26. The molecule has 7 heteroatoms. The number of hydrogen-bond donors (Lipinski definition) is 1. The van der Waals surface area contributed by atoms with Crippen molar-refractivity contribution in [2.45, 2.75) is 19.9 Å². The first kappa shape index (κ1) is 17.4. The number of carbonyl (C=O) groups is 1. The molecular formula is C22H19N5O2. The highest BCUT2D eigenvalue weighted by Crippen LogP contribution is 2.29. The van der Waals surface area contributed by atoms with Crippen LogP contribution >= 0.6 is 0 Å². The lowest BCUT2D eigenvalue weighted by molar-refractivity contribution is 0.0732. The summed E-state index contributed by atoms with van der Waals surface area (Å²) in [7, 11) is 0. The molecule has 0 atom stereocenters. The summed E-state index contributed by atoms with van der Waals surface area (Å²) in [4.78, 5) is 19.5. The Morgan fingerprint density at radius 1 is 1.07 bits per heavy atom. The van der Waals surface area contributed by atoms with Crippen molar-refractivity contribution in [3.05, 3.63) is 77.2 Å². The molecule has 0 radical (unpaired) electrons. The van der Waals surface area contributed by atoms with Gasteiger partial charge in [-0.3, -0.25) is 4.79 Å². The highest BCUT2D eigenvalue weighted by molar-refractivity contribution is 6.00. The summed E-state index contributed by atoms with van der Waals surface area (Å²) in [5, 5.41) is 10.9. The molecule has 0 fully saturated rings. The molecule has 4 aromatic rings. The van der Waals surface area contributed by atoms with Gasteiger partial charge in [0.15, 0.2) is 5.76 Å². The van der Waals surface area contributed by atoms with Gasteiger partial charge in [-0.15, -0.1) is 0 Å². The van der Waals surface area contributed by atoms with Crippen LogP contribution in [0.4, 0.5) is 0 Å². The number of oxazole rings is 1. The van der Waals surface area contributed by atoms with Crippen LogP contribution in [0.1, 0.15) is 27.3 Å². The van der Waals surface area contributed by atoms with Gasteiger partial charge in [-0.25, -0.2) is 4.98 Å². The fraction of sp³-hybridized carbons (Fsp3) is 0.182. The van der Waals surface area contributed by atoms with Crippen molar-refractivity contribution in [3.8, 4) is 22.8 Å². The van der Waals surface area contributed by atoms with Gasteiger partial charge in [0.1, 0.15) is 5.69 Å². The Labute approximate surface area is 167 Å². The number of aryl methyl sites for hydroxylation is 1. The Hall–Kier alpha value is -3.74. The van der Waals surface area contributed by atoms with Crippen LogP contribution in [-0.2, 0) is 13.0 Å². The zero-order valence-electron chi connectivity index (χ0n) is 15.9. The minimum Gasteiger partial charge on any atom is -0.436 e. The predicted octanol–water partition coefficient (Wildman–Crippen LogP) is 3.63. The van der Waals surface area contributed by atoms with E-state index in [1.54, 1.807) is 11.1 Å². The third kappa shape index (κ3) is 3.20. The van der Waals surface area contributed by atoms with E-state index in [9.17, 15) is 4.79 Å². The van der Waals surface area contributed by atoms with Crippen molar-refractivity contribution in [2.75, 3.05) is 6.54 Å². The molecule has 0 unspecified atom stereocenters. The van der Waals surface area contributed by atoms with E-state index in [1.807, 2.05) is 55.5 Å². The van der Waals surface area contributed by atoms with Crippen molar-refractivity contribution < 1.29 is 9.21 Å². The van der Waals surface area contributed by atoms with Crippen LogP contribution in [0.15, 0.2) is 59.1 Å². The first-order valence-corrected chi connectivity index (χ1v) is 9.49. The monoisotopic (exact) mass is 385 g/mol. The van der Waals surface area contributed by atoms with Crippen molar-refractivity contribution in [1.29, 1.82) is 0 Å². The largest absolute Gasteiger partial charge is 0.436 e. The molecule has 29 heavy (non-hydrogen) atoms. The van der Waals surface area contributed by atoms with Gasteiger partial charge in [-0.1, -0.05) is 42.0 Å². The minimum atomic E-state index is -0.0654. The topological polar surface area (TPSA) is 87.9 Å². The van der Waals surface area contributed by atoms with E-state index in [-0.39, 0.29) is 5.91 Å². The zero-order chi connectivity index (χ0) is 19.8. The smallest absolute Gasteiger partial charge is 0.255 e. The summed E-state index contributed by atoms with van der Waals surface area (Å²) in [6.45, 7) is 3.09. The summed E-state index contributed by atoms with van der Waals surface area (Å²) < 4.78 is 6.01. The number of aromatic amines is 1. The second kappa shape index (κ2) is 7.01. The van der Waals surface area contributed by atoms with E-state index in [0.717, 1.165) is 17.0 Å². The second-order valence-corrected chi connectivity index (χ2v) is 7.13. The summed E-state index contributed by atoms with van der Waals surface area (Å²) in [6.07, 6.45) is 2.39. The number of nitrogens with zero attached hydrogens (tertiary/aromatic N) is 4. The number of rotatable bonds is 3. The molecule has 7 nitrogen and oxygen atoms in total. The quantitative estimate of drug-likeness (QED) is 0.582. The molecule has 1 aliphatic rings. The fourth-order valence-electron chi connectivity index (χ4n) is 3.55. The Morgan fingerprint density at radius 2 is 1.86 bits per heavy atom. The molecule has 1 aliphatic heterocycles. The Balaban J connectivity index is 1.46. The zero-order valence-corrected chi connectivity index (χ0v) is 15.9. The summed E-state index contributed by atoms with van der Waals surface area (Å²) >= 11 is 0. The van der Waals surface area contributed by atoms with E-state index >= 15 is 0 Å². The predicted molar refractivity (Wildman–Crippen MR) is 107 cm³/mol. The molecule has 144 valence electrons. The number of hydrogen-bond acceptors (Lipinski definition) is 5. The molecule has 5 rings (SSSR count). The SMILES string of the molecule is Cc1ccc(-c2cnc(-c3ccccc3C(=O)N3CCc4n[nH]nc4C3)o2)cc1. The van der Waals surface area contributed by atoms with Crippen molar-refractivity contribution in [1.82, 2.24) is 25.3 Å². The third-order valence-electron chi connectivity index (χ3n) is 5.18. The maximum atomic E-state index is 13.2. The molecule has 0 saturated heterocycles. The number of benzene rings is 2. The van der Waals surface area contributed by atoms with Gasteiger partial charge in [0, 0.05) is 24.1 Å². The molecule has 1 amide bonds. The van der Waals surface area contributed by atoms with Crippen molar-refractivity contribution >= 4 is 5.91 Å². The van der Waals surface area contributed by atoms with Crippen LogP contribution in [0, 0.1) is 6.92 Å². The molecule has 2 aromatic heterocycles. The Kier molecular flexibility index (Phi) is 4.20. The molecule has 0 spiro atoms. The lowest BCUT2D eigenvalue weighted by atomic mass is 10.0.